The molecule has 0 bridgehead atoms. The standard InChI is InChI=1S/C60H71ClFN15O10/c1-63-59(84)44-6-3-4-8-48(44)70-58-46(61)35-67-60(71-58)69-41-10-12-42(13-11-41)75-23-21-74(22-24-75)25-27-86-29-31-87-30-28-85-26-18-64-51(78)14-15-54(81)76-19-16-39(17-20-76)57-56-43(45-33-50-40(32-47(45)62)34-68-73(50)2)7-5-9-49(56)77(72-57)38-53(80)65-36-52(79)66-37-55(82)83/h3-13,32-35,39H,14-31,36-38H2,1-2H3,(H,63,84)(H,64,78)(H,65,80)(H,66,79)(H,82,83)(H2,67,69,70,71). The van der Waals surface area contributed by atoms with Gasteiger partial charge in [0, 0.05) is 113 Å². The predicted octanol–water partition coefficient (Wildman–Crippen LogP) is 4.81. The average molecular weight is 1220 g/mol. The summed E-state index contributed by atoms with van der Waals surface area (Å²) in [6.07, 6.45) is 4.20. The number of aliphatic carboxylic acids is 1. The monoisotopic (exact) mass is 1220 g/mol. The lowest BCUT2D eigenvalue weighted by atomic mass is 9.88. The molecule has 9 rings (SSSR count). The van der Waals surface area contributed by atoms with Crippen molar-refractivity contribution in [3.63, 3.8) is 0 Å². The summed E-state index contributed by atoms with van der Waals surface area (Å²) in [4.78, 5) is 89.9. The molecular weight excluding hydrogens is 1150 g/mol. The number of para-hydroxylation sites is 1. The maximum absolute atomic E-state index is 15.9. The molecule has 3 aromatic heterocycles. The zero-order valence-corrected chi connectivity index (χ0v) is 49.2. The summed E-state index contributed by atoms with van der Waals surface area (Å²) < 4.78 is 36.2. The first kappa shape index (κ1) is 62.7. The van der Waals surface area contributed by atoms with E-state index in [1.54, 1.807) is 72.3 Å². The number of carbonyl (C=O) groups excluding carboxylic acids is 5. The van der Waals surface area contributed by atoms with Gasteiger partial charge in [0.1, 0.15) is 23.9 Å². The van der Waals surface area contributed by atoms with Crippen molar-refractivity contribution in [2.24, 2.45) is 7.05 Å². The van der Waals surface area contributed by atoms with Crippen LogP contribution in [0.25, 0.3) is 32.9 Å². The van der Waals surface area contributed by atoms with Gasteiger partial charge >= 0.3 is 5.97 Å². The molecule has 87 heavy (non-hydrogen) atoms. The maximum atomic E-state index is 15.9. The number of piperazine rings is 1. The third kappa shape index (κ3) is 17.0. The van der Waals surface area contributed by atoms with Crippen LogP contribution in [0.4, 0.5) is 33.2 Å². The third-order valence-corrected chi connectivity index (χ3v) is 15.3. The lowest BCUT2D eigenvalue weighted by Crippen LogP contribution is -2.47. The Labute approximate surface area is 506 Å². The molecule has 7 N–H and O–H groups in total. The number of hydrogen-bond acceptors (Lipinski definition) is 17. The van der Waals surface area contributed by atoms with Crippen LogP contribution < -0.4 is 36.8 Å². The molecule has 0 unspecified atom stereocenters. The molecule has 25 nitrogen and oxygen atoms in total. The zero-order chi connectivity index (χ0) is 61.2. The van der Waals surface area contributed by atoms with Gasteiger partial charge in [-0.15, -0.1) is 0 Å². The van der Waals surface area contributed by atoms with Crippen LogP contribution >= 0.6 is 11.6 Å². The SMILES string of the molecule is CNC(=O)c1ccccc1Nc1nc(Nc2ccc(N3CCN(CCOCCOCCOCCNC(=O)CCC(=O)N4CCC(c5nn(CC(=O)NCC(=O)NCC(=O)O)c6cccc(-c7cc8c(cnn8C)cc7F)c56)CC4)CC3)cc2)ncc1Cl. The molecule has 27 heteroatoms. The van der Waals surface area contributed by atoms with Crippen LogP contribution in [0.2, 0.25) is 5.02 Å². The van der Waals surface area contributed by atoms with Gasteiger partial charge in [0.15, 0.2) is 5.82 Å². The fraction of sp³-hybridized carbons (Fsp3) is 0.400. The Morgan fingerprint density at radius 1 is 0.736 bits per heavy atom. The second-order valence-corrected chi connectivity index (χ2v) is 21.2. The van der Waals surface area contributed by atoms with E-state index in [0.29, 0.717) is 120 Å². The largest absolute Gasteiger partial charge is 0.480 e. The van der Waals surface area contributed by atoms with Crippen LogP contribution in [-0.2, 0) is 51.8 Å². The van der Waals surface area contributed by atoms with Gasteiger partial charge in [-0.05, 0) is 73.0 Å². The summed E-state index contributed by atoms with van der Waals surface area (Å²) >= 11 is 6.41. The van der Waals surface area contributed by atoms with E-state index in [1.807, 2.05) is 18.2 Å². The van der Waals surface area contributed by atoms with Crippen molar-refractivity contribution in [3.05, 3.63) is 113 Å². The molecule has 0 spiro atoms. The molecule has 4 aromatic carbocycles. The lowest BCUT2D eigenvalue weighted by molar-refractivity contribution is -0.137. The molecule has 2 saturated heterocycles. The van der Waals surface area contributed by atoms with Crippen molar-refractivity contribution in [1.82, 2.24) is 60.6 Å². The Balaban J connectivity index is 0.623. The Morgan fingerprint density at radius 2 is 1.46 bits per heavy atom. The summed E-state index contributed by atoms with van der Waals surface area (Å²) in [6, 6.07) is 23.7. The smallest absolute Gasteiger partial charge is 0.322 e. The first-order valence-electron chi connectivity index (χ1n) is 28.8. The van der Waals surface area contributed by atoms with Crippen LogP contribution in [-0.4, -0.2) is 192 Å². The number of aryl methyl sites for hydroxylation is 1. The Hall–Kier alpha value is -8.82. The van der Waals surface area contributed by atoms with Crippen LogP contribution in [0.5, 0.6) is 0 Å². The number of halogens is 2. The van der Waals surface area contributed by atoms with E-state index in [-0.39, 0.29) is 56.2 Å². The van der Waals surface area contributed by atoms with Gasteiger partial charge in [-0.3, -0.25) is 43.0 Å². The van der Waals surface area contributed by atoms with Crippen molar-refractivity contribution in [2.75, 3.05) is 128 Å². The van der Waals surface area contributed by atoms with Crippen molar-refractivity contribution in [3.8, 4) is 11.1 Å². The molecule has 0 aliphatic carbocycles. The number of ether oxygens (including phenoxy) is 3. The third-order valence-electron chi connectivity index (χ3n) is 15.0. The molecule has 2 fully saturated rings. The second-order valence-electron chi connectivity index (χ2n) is 20.8. The fourth-order valence-electron chi connectivity index (χ4n) is 10.4. The van der Waals surface area contributed by atoms with E-state index in [0.717, 1.165) is 49.6 Å². The average Bonchev–Trinajstić information content (AvgIpc) is 3.30. The highest BCUT2D eigenvalue weighted by molar-refractivity contribution is 6.33. The van der Waals surface area contributed by atoms with Gasteiger partial charge in [0.2, 0.25) is 29.6 Å². The van der Waals surface area contributed by atoms with Crippen molar-refractivity contribution < 1.29 is 52.5 Å². The number of anilines is 5. The fourth-order valence-corrected chi connectivity index (χ4v) is 10.6. The summed E-state index contributed by atoms with van der Waals surface area (Å²) in [7, 11) is 3.35. The van der Waals surface area contributed by atoms with Gasteiger partial charge in [0.05, 0.1) is 86.6 Å². The molecule has 5 amide bonds. The number of likely N-dealkylation sites (tertiary alicyclic amines) is 1. The van der Waals surface area contributed by atoms with Crippen molar-refractivity contribution in [1.29, 1.82) is 0 Å². The van der Waals surface area contributed by atoms with E-state index in [9.17, 15) is 28.8 Å². The molecule has 460 valence electrons. The number of aromatic nitrogens is 6. The lowest BCUT2D eigenvalue weighted by Gasteiger charge is -2.36. The number of rotatable bonds is 29. The van der Waals surface area contributed by atoms with E-state index in [1.165, 1.54) is 16.9 Å². The second kappa shape index (κ2) is 30.5. The minimum Gasteiger partial charge on any atom is -0.480 e. The first-order chi connectivity index (χ1) is 42.2. The number of piperidine rings is 1. The van der Waals surface area contributed by atoms with E-state index in [4.69, 9.17) is 36.0 Å². The van der Waals surface area contributed by atoms with Gasteiger partial charge in [0.25, 0.3) is 5.91 Å². The number of carbonyl (C=O) groups is 6. The van der Waals surface area contributed by atoms with E-state index in [2.05, 4.69) is 68.9 Å². The summed E-state index contributed by atoms with van der Waals surface area (Å²) in [5.41, 5.74) is 5.78. The Morgan fingerprint density at radius 3 is 2.21 bits per heavy atom. The quantitative estimate of drug-likeness (QED) is 0.0310. The Kier molecular flexibility index (Phi) is 22.0. The number of amides is 5. The molecular formula is C60H71ClFN15O10. The number of carboxylic acids is 1. The highest BCUT2D eigenvalue weighted by Gasteiger charge is 2.30. The Bertz CT molecular complexity index is 3550. The summed E-state index contributed by atoms with van der Waals surface area (Å²) in [5, 5.41) is 36.2. The van der Waals surface area contributed by atoms with Gasteiger partial charge in [-0.25, -0.2) is 9.37 Å². The zero-order valence-electron chi connectivity index (χ0n) is 48.5. The van der Waals surface area contributed by atoms with Crippen LogP contribution in [0, 0.1) is 5.82 Å². The number of nitrogens with zero attached hydrogens (tertiary/aromatic N) is 9. The molecule has 7 aromatic rings. The number of carboxylic acid groups (broad SMARTS) is 1. The summed E-state index contributed by atoms with van der Waals surface area (Å²) in [5.74, 6) is -2.99. The molecule has 0 saturated carbocycles. The van der Waals surface area contributed by atoms with Crippen LogP contribution in [0.1, 0.15) is 47.7 Å². The van der Waals surface area contributed by atoms with Crippen LogP contribution in [0.15, 0.2) is 91.3 Å². The number of hydrogen-bond donors (Lipinski definition) is 7. The summed E-state index contributed by atoms with van der Waals surface area (Å²) in [6.45, 7) is 6.67. The molecule has 0 radical (unpaired) electrons. The maximum Gasteiger partial charge on any atom is 0.322 e. The number of benzene rings is 4. The number of fused-ring (bicyclic) bond motifs is 2. The topological polar surface area (TPSA) is 294 Å². The van der Waals surface area contributed by atoms with E-state index >= 15 is 4.39 Å². The molecule has 2 aliphatic heterocycles. The normalized spacial score (nSPS) is 13.8. The van der Waals surface area contributed by atoms with Gasteiger partial charge < -0.3 is 61.0 Å². The minimum absolute atomic E-state index is 0.0194. The highest BCUT2D eigenvalue weighted by Crippen LogP contribution is 2.40. The van der Waals surface area contributed by atoms with Gasteiger partial charge in [-0.2, -0.15) is 15.2 Å². The van der Waals surface area contributed by atoms with Crippen molar-refractivity contribution >= 4 is 97.7 Å². The van der Waals surface area contributed by atoms with Crippen LogP contribution in [0.3, 0.4) is 0 Å². The molecule has 2 aliphatic rings. The van der Waals surface area contributed by atoms with Gasteiger partial charge in [-0.1, -0.05) is 35.9 Å². The van der Waals surface area contributed by atoms with E-state index < -0.39 is 36.7 Å². The molecule has 5 heterocycles. The first-order valence-corrected chi connectivity index (χ1v) is 29.2. The number of nitrogens with one attached hydrogen (secondary N) is 6. The highest BCUT2D eigenvalue weighted by atomic mass is 35.5. The predicted molar refractivity (Wildman–Crippen MR) is 325 cm³/mol. The van der Waals surface area contributed by atoms with Crippen molar-refractivity contribution in [2.45, 2.75) is 38.1 Å². The molecule has 0 atom stereocenters. The minimum atomic E-state index is -1.22.